The highest BCUT2D eigenvalue weighted by Crippen LogP contribution is 2.46. The zero-order valence-corrected chi connectivity index (χ0v) is 21.3. The molecule has 4 aliphatic carbocycles. The number of allylic oxidation sites excluding steroid dienone is 12. The summed E-state index contributed by atoms with van der Waals surface area (Å²) in [6, 6.07) is 0. The monoisotopic (exact) mass is 458 g/mol. The first-order valence-corrected chi connectivity index (χ1v) is 14.0. The van der Waals surface area contributed by atoms with Crippen LogP contribution in [0.2, 0.25) is 0 Å². The second-order valence-corrected chi connectivity index (χ2v) is 10.7. The zero-order chi connectivity index (χ0) is 23.8. The first kappa shape index (κ1) is 25.2. The fourth-order valence-electron chi connectivity index (χ4n) is 6.52. The molecular weight excluding hydrogens is 412 g/mol. The van der Waals surface area contributed by atoms with Crippen molar-refractivity contribution >= 4 is 0 Å². The van der Waals surface area contributed by atoms with Gasteiger partial charge in [0, 0.05) is 6.54 Å². The lowest BCUT2D eigenvalue weighted by Crippen LogP contribution is -2.19. The summed E-state index contributed by atoms with van der Waals surface area (Å²) in [6.07, 6.45) is 31.4. The predicted octanol–water partition coefficient (Wildman–Crippen LogP) is 7.77. The van der Waals surface area contributed by atoms with E-state index >= 15 is 0 Å². The number of nitrogens with two attached hydrogens (primary N) is 2. The smallest absolute Gasteiger partial charge is 0.0142 e. The molecule has 0 saturated carbocycles. The van der Waals surface area contributed by atoms with E-state index in [0.717, 1.165) is 31.7 Å². The third-order valence-corrected chi connectivity index (χ3v) is 8.44. The van der Waals surface area contributed by atoms with Gasteiger partial charge in [0.05, 0.1) is 0 Å². The Hall–Kier alpha value is -1.90. The molecule has 4 rings (SSSR count). The van der Waals surface area contributed by atoms with Crippen LogP contribution in [0.5, 0.6) is 0 Å². The summed E-state index contributed by atoms with van der Waals surface area (Å²) in [6.45, 7) is 5.75. The Morgan fingerprint density at radius 3 is 2.56 bits per heavy atom. The number of hydrogen-bond acceptors (Lipinski definition) is 2. The van der Waals surface area contributed by atoms with Gasteiger partial charge in [-0.1, -0.05) is 66.2 Å². The highest BCUT2D eigenvalue weighted by molar-refractivity contribution is 5.57. The first-order chi connectivity index (χ1) is 16.7. The van der Waals surface area contributed by atoms with Crippen LogP contribution in [0, 0.1) is 11.8 Å². The summed E-state index contributed by atoms with van der Waals surface area (Å²) in [5.74, 6) is 1.36. The summed E-state index contributed by atoms with van der Waals surface area (Å²) < 4.78 is 0. The molecule has 0 radical (unpaired) electrons. The van der Waals surface area contributed by atoms with Crippen molar-refractivity contribution in [1.82, 2.24) is 0 Å². The molecule has 184 valence electrons. The maximum Gasteiger partial charge on any atom is 0.0142 e. The molecule has 0 bridgehead atoms. The molecule has 0 aromatic rings. The van der Waals surface area contributed by atoms with E-state index in [9.17, 15) is 0 Å². The zero-order valence-electron chi connectivity index (χ0n) is 21.3. The van der Waals surface area contributed by atoms with Crippen molar-refractivity contribution in [2.75, 3.05) is 13.1 Å². The topological polar surface area (TPSA) is 52.0 Å². The van der Waals surface area contributed by atoms with Gasteiger partial charge in [0.25, 0.3) is 0 Å². The lowest BCUT2D eigenvalue weighted by molar-refractivity contribution is 0.514. The molecule has 4 aliphatic rings. The average molecular weight is 459 g/mol. The largest absolute Gasteiger partial charge is 0.330 e. The van der Waals surface area contributed by atoms with Gasteiger partial charge in [-0.15, -0.1) is 0 Å². The molecule has 0 aliphatic heterocycles. The van der Waals surface area contributed by atoms with Crippen LogP contribution in [-0.4, -0.2) is 13.1 Å². The van der Waals surface area contributed by atoms with Crippen molar-refractivity contribution in [2.45, 2.75) is 89.9 Å². The van der Waals surface area contributed by atoms with Crippen LogP contribution in [0.4, 0.5) is 0 Å². The fourth-order valence-corrected chi connectivity index (χ4v) is 6.52. The lowest BCUT2D eigenvalue weighted by Gasteiger charge is -2.34. The van der Waals surface area contributed by atoms with Crippen LogP contribution in [0.1, 0.15) is 89.9 Å². The summed E-state index contributed by atoms with van der Waals surface area (Å²) in [4.78, 5) is 0. The van der Waals surface area contributed by atoms with Crippen LogP contribution < -0.4 is 11.5 Å². The third kappa shape index (κ3) is 6.20. The molecule has 0 heterocycles. The maximum absolute atomic E-state index is 6.20. The number of fused-ring (bicyclic) bond motifs is 1. The van der Waals surface area contributed by atoms with Crippen LogP contribution in [0.15, 0.2) is 82.0 Å². The maximum atomic E-state index is 6.20. The molecule has 2 heteroatoms. The molecule has 2 nitrogen and oxygen atoms in total. The first-order valence-electron chi connectivity index (χ1n) is 14.0. The summed E-state index contributed by atoms with van der Waals surface area (Å²) in [5.41, 5.74) is 22.8. The summed E-state index contributed by atoms with van der Waals surface area (Å²) in [7, 11) is 0. The Labute approximate surface area is 208 Å². The van der Waals surface area contributed by atoms with Crippen molar-refractivity contribution in [3.63, 3.8) is 0 Å². The molecule has 2 unspecified atom stereocenters. The highest BCUT2D eigenvalue weighted by atomic mass is 14.5. The van der Waals surface area contributed by atoms with Gasteiger partial charge in [-0.2, -0.15) is 0 Å². The van der Waals surface area contributed by atoms with Crippen LogP contribution in [0.3, 0.4) is 0 Å². The van der Waals surface area contributed by atoms with E-state index in [2.05, 4.69) is 43.0 Å². The van der Waals surface area contributed by atoms with Crippen molar-refractivity contribution in [1.29, 1.82) is 0 Å². The Morgan fingerprint density at radius 1 is 0.912 bits per heavy atom. The summed E-state index contributed by atoms with van der Waals surface area (Å²) in [5, 5.41) is 0. The van der Waals surface area contributed by atoms with Crippen molar-refractivity contribution < 1.29 is 0 Å². The van der Waals surface area contributed by atoms with Crippen molar-refractivity contribution in [3.05, 3.63) is 82.0 Å². The van der Waals surface area contributed by atoms with E-state index in [1.165, 1.54) is 81.8 Å². The van der Waals surface area contributed by atoms with Crippen molar-refractivity contribution in [3.8, 4) is 0 Å². The third-order valence-electron chi connectivity index (χ3n) is 8.44. The molecule has 4 N–H and O–H groups in total. The van der Waals surface area contributed by atoms with Gasteiger partial charge in [0.15, 0.2) is 0 Å². The second kappa shape index (κ2) is 12.7. The number of unbranched alkanes of at least 4 members (excludes halogenated alkanes) is 2. The van der Waals surface area contributed by atoms with E-state index in [1.54, 1.807) is 27.9 Å². The highest BCUT2D eigenvalue weighted by Gasteiger charge is 2.29. The number of hydrogen-bond donors (Lipinski definition) is 2. The molecule has 0 aromatic carbocycles. The lowest BCUT2D eigenvalue weighted by atomic mass is 9.71. The van der Waals surface area contributed by atoms with Gasteiger partial charge in [-0.05, 0) is 124 Å². The van der Waals surface area contributed by atoms with E-state index in [1.807, 2.05) is 0 Å². The molecule has 2 atom stereocenters. The molecular formula is C32H46N2. The minimum absolute atomic E-state index is 0.574. The van der Waals surface area contributed by atoms with Crippen LogP contribution in [0.25, 0.3) is 0 Å². The van der Waals surface area contributed by atoms with Crippen LogP contribution >= 0.6 is 0 Å². The molecule has 0 amide bonds. The van der Waals surface area contributed by atoms with Gasteiger partial charge >= 0.3 is 0 Å². The normalized spacial score (nSPS) is 25.5. The molecule has 0 aromatic heterocycles. The van der Waals surface area contributed by atoms with Gasteiger partial charge in [0.2, 0.25) is 0 Å². The fraction of sp³-hybridized carbons (Fsp3) is 0.562. The van der Waals surface area contributed by atoms with Crippen molar-refractivity contribution in [2.24, 2.45) is 23.3 Å². The molecule has 0 fully saturated rings. The molecule has 0 spiro atoms. The standard InChI is InChI=1S/C32H46N2/c1-24(10-4-3-9-21-33)22-28(23-34)25-15-17-27(18-16-25)30-20-19-29(26-11-5-2-6-12-26)31-13-7-8-14-32(30)31/h2,5,8,14,17,22,25-26H,1,3-4,6-7,9-13,15-16,18-21,23,33-34H2/b28-22+. The van der Waals surface area contributed by atoms with Gasteiger partial charge in [-0.25, -0.2) is 0 Å². The molecule has 0 saturated heterocycles. The van der Waals surface area contributed by atoms with E-state index < -0.39 is 0 Å². The Morgan fingerprint density at radius 2 is 1.82 bits per heavy atom. The van der Waals surface area contributed by atoms with E-state index in [4.69, 9.17) is 11.5 Å². The van der Waals surface area contributed by atoms with E-state index in [-0.39, 0.29) is 0 Å². The van der Waals surface area contributed by atoms with Crippen LogP contribution in [-0.2, 0) is 0 Å². The summed E-state index contributed by atoms with van der Waals surface area (Å²) >= 11 is 0. The second-order valence-electron chi connectivity index (χ2n) is 10.7. The minimum Gasteiger partial charge on any atom is -0.330 e. The average Bonchev–Trinajstić information content (AvgIpc) is 2.90. The Kier molecular flexibility index (Phi) is 9.41. The minimum atomic E-state index is 0.574. The van der Waals surface area contributed by atoms with Gasteiger partial charge in [0.1, 0.15) is 0 Å². The number of rotatable bonds is 10. The van der Waals surface area contributed by atoms with E-state index in [0.29, 0.717) is 12.5 Å². The SMILES string of the molecule is C=C(/C=C(\CN)C1CC=C(C2=C3C=CCCC3=C(C3CC=CCC3)CC2)CC1)CCCCCN. The Bertz CT molecular complexity index is 921. The quantitative estimate of drug-likeness (QED) is 0.200. The predicted molar refractivity (Wildman–Crippen MR) is 147 cm³/mol. The van der Waals surface area contributed by atoms with Gasteiger partial charge in [-0.3, -0.25) is 0 Å². The van der Waals surface area contributed by atoms with Gasteiger partial charge < -0.3 is 11.5 Å². The Balaban J connectivity index is 1.46. The molecule has 34 heavy (non-hydrogen) atoms.